The number of esters is 1. The van der Waals surface area contributed by atoms with Gasteiger partial charge in [-0.05, 0) is 76.6 Å². The highest BCUT2D eigenvalue weighted by molar-refractivity contribution is 5.92. The van der Waals surface area contributed by atoms with Crippen LogP contribution in [0.1, 0.15) is 80.1 Å². The van der Waals surface area contributed by atoms with Gasteiger partial charge in [-0.15, -0.1) is 0 Å². The minimum atomic E-state index is -0.343. The molecule has 3 heteroatoms. The molecule has 0 bridgehead atoms. The Morgan fingerprint density at radius 3 is 2.31 bits per heavy atom. The van der Waals surface area contributed by atoms with Crippen molar-refractivity contribution in [2.24, 2.45) is 0 Å². The highest BCUT2D eigenvalue weighted by Gasteiger charge is 2.36. The van der Waals surface area contributed by atoms with E-state index in [1.807, 2.05) is 18.2 Å². The van der Waals surface area contributed by atoms with Crippen LogP contribution in [0, 0.1) is 0 Å². The monoisotopic (exact) mass is 392 g/mol. The molecule has 29 heavy (non-hydrogen) atoms. The predicted octanol–water partition coefficient (Wildman–Crippen LogP) is 5.75. The van der Waals surface area contributed by atoms with E-state index in [-0.39, 0.29) is 23.4 Å². The van der Waals surface area contributed by atoms with Gasteiger partial charge in [0.25, 0.3) is 0 Å². The first-order valence-corrected chi connectivity index (χ1v) is 10.4. The Kier molecular flexibility index (Phi) is 6.00. The van der Waals surface area contributed by atoms with Gasteiger partial charge in [-0.1, -0.05) is 58.0 Å². The van der Waals surface area contributed by atoms with E-state index in [4.69, 9.17) is 4.74 Å². The van der Waals surface area contributed by atoms with E-state index >= 15 is 0 Å². The van der Waals surface area contributed by atoms with Gasteiger partial charge in [-0.25, -0.2) is 4.79 Å². The number of hydrogen-bond acceptors (Lipinski definition) is 3. The molecular formula is C26H32O3. The van der Waals surface area contributed by atoms with Gasteiger partial charge in [-0.2, -0.15) is 0 Å². The lowest BCUT2D eigenvalue weighted by Gasteiger charge is -2.42. The molecule has 0 heterocycles. The number of carbonyl (C=O) groups excluding carboxylic acids is 1. The SMILES string of the molecule is CCOC(=O)c1cccc(C(=Cc2ccc3c(c2)C(C)(C)CCC3(C)C)CO)c1. The quantitative estimate of drug-likeness (QED) is 0.521. The third-order valence-corrected chi connectivity index (χ3v) is 6.13. The minimum absolute atomic E-state index is 0.0990. The molecule has 0 radical (unpaired) electrons. The number of aliphatic hydroxyl groups excluding tert-OH is 1. The fourth-order valence-corrected chi connectivity index (χ4v) is 4.18. The van der Waals surface area contributed by atoms with Crippen LogP contribution in [0.2, 0.25) is 0 Å². The zero-order chi connectivity index (χ0) is 21.2. The lowest BCUT2D eigenvalue weighted by atomic mass is 9.63. The lowest BCUT2D eigenvalue weighted by molar-refractivity contribution is 0.0526. The van der Waals surface area contributed by atoms with Gasteiger partial charge in [0, 0.05) is 0 Å². The molecule has 2 aromatic rings. The first-order valence-electron chi connectivity index (χ1n) is 10.4. The molecule has 3 rings (SSSR count). The van der Waals surface area contributed by atoms with Crippen molar-refractivity contribution in [1.82, 2.24) is 0 Å². The van der Waals surface area contributed by atoms with E-state index in [0.29, 0.717) is 12.2 Å². The van der Waals surface area contributed by atoms with Crippen molar-refractivity contribution in [3.05, 3.63) is 70.3 Å². The molecular weight excluding hydrogens is 360 g/mol. The maximum atomic E-state index is 12.1. The van der Waals surface area contributed by atoms with Crippen LogP contribution in [0.4, 0.5) is 0 Å². The maximum Gasteiger partial charge on any atom is 0.338 e. The molecule has 0 atom stereocenters. The molecule has 0 aromatic heterocycles. The summed E-state index contributed by atoms with van der Waals surface area (Å²) in [7, 11) is 0. The summed E-state index contributed by atoms with van der Waals surface area (Å²) in [4.78, 5) is 12.1. The van der Waals surface area contributed by atoms with E-state index < -0.39 is 0 Å². The van der Waals surface area contributed by atoms with Crippen molar-refractivity contribution < 1.29 is 14.6 Å². The smallest absolute Gasteiger partial charge is 0.338 e. The van der Waals surface area contributed by atoms with Crippen LogP contribution in [-0.4, -0.2) is 24.3 Å². The van der Waals surface area contributed by atoms with Gasteiger partial charge >= 0.3 is 5.97 Å². The molecule has 0 saturated heterocycles. The van der Waals surface area contributed by atoms with E-state index in [0.717, 1.165) is 23.1 Å². The molecule has 0 saturated carbocycles. The maximum absolute atomic E-state index is 12.1. The molecule has 2 aromatic carbocycles. The van der Waals surface area contributed by atoms with Crippen LogP contribution < -0.4 is 0 Å². The van der Waals surface area contributed by atoms with Crippen molar-refractivity contribution >= 4 is 17.6 Å². The second-order valence-corrected chi connectivity index (χ2v) is 9.20. The second kappa shape index (κ2) is 8.16. The summed E-state index contributed by atoms with van der Waals surface area (Å²) in [6, 6.07) is 13.9. The Labute approximate surface area is 174 Å². The summed E-state index contributed by atoms with van der Waals surface area (Å²) in [6.45, 7) is 11.3. The van der Waals surface area contributed by atoms with Crippen molar-refractivity contribution in [3.63, 3.8) is 0 Å². The van der Waals surface area contributed by atoms with Crippen molar-refractivity contribution in [2.45, 2.75) is 58.3 Å². The molecule has 0 aliphatic heterocycles. The Balaban J connectivity index is 2.01. The largest absolute Gasteiger partial charge is 0.462 e. The molecule has 1 N–H and O–H groups in total. The van der Waals surface area contributed by atoms with Crippen LogP contribution in [0.3, 0.4) is 0 Å². The van der Waals surface area contributed by atoms with Crippen LogP contribution in [0.5, 0.6) is 0 Å². The number of aliphatic hydroxyl groups is 1. The van der Waals surface area contributed by atoms with E-state index in [2.05, 4.69) is 45.9 Å². The van der Waals surface area contributed by atoms with E-state index in [1.165, 1.54) is 17.5 Å². The normalized spacial score (nSPS) is 17.5. The summed E-state index contributed by atoms with van der Waals surface area (Å²) in [5, 5.41) is 10.0. The lowest BCUT2D eigenvalue weighted by Crippen LogP contribution is -2.33. The number of fused-ring (bicyclic) bond motifs is 1. The van der Waals surface area contributed by atoms with Crippen LogP contribution in [-0.2, 0) is 15.6 Å². The molecule has 3 nitrogen and oxygen atoms in total. The molecule has 0 amide bonds. The van der Waals surface area contributed by atoms with Gasteiger partial charge in [0.15, 0.2) is 0 Å². The number of rotatable bonds is 5. The van der Waals surface area contributed by atoms with Gasteiger partial charge in [-0.3, -0.25) is 0 Å². The Morgan fingerprint density at radius 1 is 1.00 bits per heavy atom. The molecule has 0 fully saturated rings. The number of benzene rings is 2. The first kappa shape index (κ1) is 21.3. The fourth-order valence-electron chi connectivity index (χ4n) is 4.18. The Bertz CT molecular complexity index is 935. The van der Waals surface area contributed by atoms with Crippen LogP contribution in [0.15, 0.2) is 42.5 Å². The molecule has 154 valence electrons. The zero-order valence-corrected chi connectivity index (χ0v) is 18.2. The van der Waals surface area contributed by atoms with Gasteiger partial charge < -0.3 is 9.84 Å². The predicted molar refractivity (Wildman–Crippen MR) is 119 cm³/mol. The standard InChI is InChI=1S/C26H32O3/c1-6-29-24(28)20-9-7-8-19(16-20)21(17-27)14-18-10-11-22-23(15-18)26(4,5)13-12-25(22,2)3/h7-11,14-16,27H,6,12-13,17H2,1-5H3. The summed E-state index contributed by atoms with van der Waals surface area (Å²) in [5.41, 5.74) is 6.30. The van der Waals surface area contributed by atoms with Crippen molar-refractivity contribution in [3.8, 4) is 0 Å². The highest BCUT2D eigenvalue weighted by Crippen LogP contribution is 2.46. The van der Waals surface area contributed by atoms with Gasteiger partial charge in [0.2, 0.25) is 0 Å². The average molecular weight is 393 g/mol. The molecule has 1 aliphatic carbocycles. The van der Waals surface area contributed by atoms with Gasteiger partial charge in [0.1, 0.15) is 0 Å². The fraction of sp³-hybridized carbons (Fsp3) is 0.423. The zero-order valence-electron chi connectivity index (χ0n) is 18.2. The number of ether oxygens (including phenoxy) is 1. The van der Waals surface area contributed by atoms with Crippen molar-refractivity contribution in [1.29, 1.82) is 0 Å². The molecule has 0 unspecified atom stereocenters. The first-order chi connectivity index (χ1) is 13.7. The third kappa shape index (κ3) is 4.45. The van der Waals surface area contributed by atoms with Crippen LogP contribution >= 0.6 is 0 Å². The van der Waals surface area contributed by atoms with Gasteiger partial charge in [0.05, 0.1) is 18.8 Å². The average Bonchev–Trinajstić information content (AvgIpc) is 2.70. The molecule has 1 aliphatic rings. The topological polar surface area (TPSA) is 46.5 Å². The second-order valence-electron chi connectivity index (χ2n) is 9.20. The summed E-state index contributed by atoms with van der Waals surface area (Å²) < 4.78 is 5.10. The Morgan fingerprint density at radius 2 is 1.66 bits per heavy atom. The Hall–Kier alpha value is -2.39. The molecule has 0 spiro atoms. The summed E-state index contributed by atoms with van der Waals surface area (Å²) in [6.07, 6.45) is 4.36. The minimum Gasteiger partial charge on any atom is -0.462 e. The summed E-state index contributed by atoms with van der Waals surface area (Å²) in [5.74, 6) is -0.343. The van der Waals surface area contributed by atoms with Crippen LogP contribution in [0.25, 0.3) is 11.6 Å². The number of carbonyl (C=O) groups is 1. The summed E-state index contributed by atoms with van der Waals surface area (Å²) >= 11 is 0. The van der Waals surface area contributed by atoms with Crippen molar-refractivity contribution in [2.75, 3.05) is 13.2 Å². The van der Waals surface area contributed by atoms with E-state index in [1.54, 1.807) is 19.1 Å². The number of hydrogen-bond donors (Lipinski definition) is 1. The third-order valence-electron chi connectivity index (χ3n) is 6.13. The van der Waals surface area contributed by atoms with E-state index in [9.17, 15) is 9.90 Å². The highest BCUT2D eigenvalue weighted by atomic mass is 16.5.